The van der Waals surface area contributed by atoms with Crippen LogP contribution in [0.3, 0.4) is 0 Å². The van der Waals surface area contributed by atoms with Gasteiger partial charge < -0.3 is 10.1 Å². The van der Waals surface area contributed by atoms with Gasteiger partial charge in [0.15, 0.2) is 0 Å². The second kappa shape index (κ2) is 5.94. The molecule has 5 heteroatoms. The minimum Gasteiger partial charge on any atom is -0.496 e. The van der Waals surface area contributed by atoms with Crippen LogP contribution in [0.1, 0.15) is 38.4 Å². The Kier molecular flexibility index (Phi) is 4.27. The van der Waals surface area contributed by atoms with Gasteiger partial charge >= 0.3 is 0 Å². The Bertz CT molecular complexity index is 580. The number of benzene rings is 1. The number of hydrogen-bond acceptors (Lipinski definition) is 3. The van der Waals surface area contributed by atoms with E-state index in [0.717, 1.165) is 5.69 Å². The van der Waals surface area contributed by atoms with E-state index in [2.05, 4.69) is 24.3 Å². The number of hydrogen-bond donors (Lipinski definition) is 1. The van der Waals surface area contributed by atoms with Gasteiger partial charge in [-0.15, -0.1) is 0 Å². The quantitative estimate of drug-likeness (QED) is 0.904. The summed E-state index contributed by atoms with van der Waals surface area (Å²) < 4.78 is 21.1. The lowest BCUT2D eigenvalue weighted by molar-refractivity contribution is 0.402. The molecule has 20 heavy (non-hydrogen) atoms. The van der Waals surface area contributed by atoms with Crippen molar-refractivity contribution in [3.63, 3.8) is 0 Å². The number of halogens is 1. The molecule has 0 saturated carbocycles. The zero-order valence-electron chi connectivity index (χ0n) is 12.2. The molecule has 0 amide bonds. The predicted molar refractivity (Wildman–Crippen MR) is 77.6 cm³/mol. The zero-order chi connectivity index (χ0) is 14.7. The molecule has 0 aliphatic heterocycles. The van der Waals surface area contributed by atoms with E-state index in [1.807, 2.05) is 17.8 Å². The van der Waals surface area contributed by atoms with Crippen molar-refractivity contribution in [2.24, 2.45) is 0 Å². The summed E-state index contributed by atoms with van der Waals surface area (Å²) in [5.74, 6) is 0.266. The average molecular weight is 277 g/mol. The molecule has 2 rings (SSSR count). The van der Waals surface area contributed by atoms with Crippen molar-refractivity contribution in [1.29, 1.82) is 0 Å². The molecule has 0 aliphatic rings. The molecule has 1 heterocycles. The van der Waals surface area contributed by atoms with Crippen LogP contribution < -0.4 is 10.1 Å². The molecule has 0 bridgehead atoms. The molecule has 0 radical (unpaired) electrons. The van der Waals surface area contributed by atoms with Crippen LogP contribution >= 0.6 is 0 Å². The first-order chi connectivity index (χ1) is 9.52. The molecule has 1 atom stereocenters. The Labute approximate surface area is 118 Å². The van der Waals surface area contributed by atoms with Crippen molar-refractivity contribution in [3.8, 4) is 5.75 Å². The molecular weight excluding hydrogens is 257 g/mol. The molecule has 0 saturated heterocycles. The summed E-state index contributed by atoms with van der Waals surface area (Å²) in [5, 5.41) is 7.50. The highest BCUT2D eigenvalue weighted by Gasteiger charge is 2.17. The van der Waals surface area contributed by atoms with E-state index in [4.69, 9.17) is 4.74 Å². The summed E-state index contributed by atoms with van der Waals surface area (Å²) in [6, 6.07) is 4.92. The van der Waals surface area contributed by atoms with Gasteiger partial charge in [0, 0.05) is 12.2 Å². The van der Waals surface area contributed by atoms with Gasteiger partial charge in [0.05, 0.1) is 30.6 Å². The van der Waals surface area contributed by atoms with Crippen molar-refractivity contribution in [3.05, 3.63) is 42.0 Å². The van der Waals surface area contributed by atoms with Crippen molar-refractivity contribution in [1.82, 2.24) is 9.78 Å². The average Bonchev–Trinajstić information content (AvgIpc) is 2.86. The second-order valence-corrected chi connectivity index (χ2v) is 5.02. The van der Waals surface area contributed by atoms with Crippen molar-refractivity contribution in [2.75, 3.05) is 12.4 Å². The molecule has 4 nitrogen and oxygen atoms in total. The van der Waals surface area contributed by atoms with Crippen molar-refractivity contribution < 1.29 is 9.13 Å². The summed E-state index contributed by atoms with van der Waals surface area (Å²) in [6.45, 7) is 6.01. The van der Waals surface area contributed by atoms with Crippen LogP contribution in [0.2, 0.25) is 0 Å². The third-order valence-electron chi connectivity index (χ3n) is 3.18. The fourth-order valence-corrected chi connectivity index (χ4v) is 2.13. The van der Waals surface area contributed by atoms with Crippen LogP contribution in [0.4, 0.5) is 10.1 Å². The maximum atomic E-state index is 14.0. The minimum atomic E-state index is -0.277. The fourth-order valence-electron chi connectivity index (χ4n) is 2.13. The Morgan fingerprint density at radius 2 is 2.05 bits per heavy atom. The number of nitrogens with one attached hydrogen (secondary N) is 1. The lowest BCUT2D eigenvalue weighted by Gasteiger charge is -2.18. The van der Waals surface area contributed by atoms with Gasteiger partial charge in [-0.2, -0.15) is 5.10 Å². The van der Waals surface area contributed by atoms with Crippen LogP contribution in [0, 0.1) is 5.82 Å². The number of anilines is 1. The van der Waals surface area contributed by atoms with Crippen LogP contribution in [0.25, 0.3) is 0 Å². The highest BCUT2D eigenvalue weighted by Crippen LogP contribution is 2.30. The summed E-state index contributed by atoms with van der Waals surface area (Å²) in [5.41, 5.74) is 1.38. The Hall–Kier alpha value is -2.04. The molecule has 1 aromatic carbocycles. The molecular formula is C15H20FN3O. The molecule has 0 aliphatic carbocycles. The van der Waals surface area contributed by atoms with Crippen molar-refractivity contribution in [2.45, 2.75) is 32.9 Å². The van der Waals surface area contributed by atoms with E-state index in [1.165, 1.54) is 6.07 Å². The highest BCUT2D eigenvalue weighted by atomic mass is 19.1. The maximum Gasteiger partial charge on any atom is 0.132 e. The third kappa shape index (κ3) is 2.92. The van der Waals surface area contributed by atoms with Crippen LogP contribution in [0.5, 0.6) is 5.75 Å². The molecule has 0 fully saturated rings. The van der Waals surface area contributed by atoms with Gasteiger partial charge in [-0.1, -0.05) is 6.07 Å². The molecule has 1 unspecified atom stereocenters. The molecule has 0 spiro atoms. The number of nitrogens with zero attached hydrogens (tertiary/aromatic N) is 2. The lowest BCUT2D eigenvalue weighted by Crippen LogP contribution is -2.10. The van der Waals surface area contributed by atoms with Gasteiger partial charge in [0.1, 0.15) is 11.6 Å². The second-order valence-electron chi connectivity index (χ2n) is 5.02. The Morgan fingerprint density at radius 1 is 1.30 bits per heavy atom. The largest absolute Gasteiger partial charge is 0.496 e. The number of aromatic nitrogens is 2. The van der Waals surface area contributed by atoms with E-state index in [9.17, 15) is 4.39 Å². The van der Waals surface area contributed by atoms with E-state index in [-0.39, 0.29) is 11.9 Å². The summed E-state index contributed by atoms with van der Waals surface area (Å²) >= 11 is 0. The SMILES string of the molecule is COc1cccc(F)c1C(C)Nc1cnn(C(C)C)c1. The number of rotatable bonds is 5. The van der Waals surface area contributed by atoms with E-state index >= 15 is 0 Å². The van der Waals surface area contributed by atoms with E-state index < -0.39 is 0 Å². The smallest absolute Gasteiger partial charge is 0.132 e. The zero-order valence-corrected chi connectivity index (χ0v) is 12.2. The van der Waals surface area contributed by atoms with E-state index in [0.29, 0.717) is 17.4 Å². The first-order valence-electron chi connectivity index (χ1n) is 6.66. The first-order valence-corrected chi connectivity index (χ1v) is 6.66. The maximum absolute atomic E-state index is 14.0. The monoisotopic (exact) mass is 277 g/mol. The highest BCUT2D eigenvalue weighted by molar-refractivity contribution is 5.45. The standard InChI is InChI=1S/C15H20FN3O/c1-10(2)19-9-12(8-17-19)18-11(3)15-13(16)6-5-7-14(15)20-4/h5-11,18H,1-4H3. The molecule has 108 valence electrons. The summed E-state index contributed by atoms with van der Waals surface area (Å²) in [6.07, 6.45) is 3.65. The topological polar surface area (TPSA) is 39.1 Å². The van der Waals surface area contributed by atoms with Crippen LogP contribution in [-0.2, 0) is 0 Å². The summed E-state index contributed by atoms with van der Waals surface area (Å²) in [7, 11) is 1.54. The fraction of sp³-hybridized carbons (Fsp3) is 0.400. The Morgan fingerprint density at radius 3 is 2.65 bits per heavy atom. The molecule has 2 aromatic rings. The normalized spacial score (nSPS) is 12.5. The van der Waals surface area contributed by atoms with E-state index in [1.54, 1.807) is 25.4 Å². The van der Waals surface area contributed by atoms with Crippen molar-refractivity contribution >= 4 is 5.69 Å². The summed E-state index contributed by atoms with van der Waals surface area (Å²) in [4.78, 5) is 0. The van der Waals surface area contributed by atoms with Crippen LogP contribution in [-0.4, -0.2) is 16.9 Å². The van der Waals surface area contributed by atoms with Gasteiger partial charge in [-0.3, -0.25) is 4.68 Å². The van der Waals surface area contributed by atoms with Gasteiger partial charge in [0.25, 0.3) is 0 Å². The number of ether oxygens (including phenoxy) is 1. The third-order valence-corrected chi connectivity index (χ3v) is 3.18. The number of methoxy groups -OCH3 is 1. The van der Waals surface area contributed by atoms with Gasteiger partial charge in [0.2, 0.25) is 0 Å². The molecule has 1 N–H and O–H groups in total. The molecule has 1 aromatic heterocycles. The first kappa shape index (κ1) is 14.4. The van der Waals surface area contributed by atoms with Gasteiger partial charge in [-0.25, -0.2) is 4.39 Å². The lowest BCUT2D eigenvalue weighted by atomic mass is 10.1. The minimum absolute atomic E-state index is 0.212. The van der Waals surface area contributed by atoms with Crippen LogP contribution in [0.15, 0.2) is 30.6 Å². The Balaban J connectivity index is 2.21. The van der Waals surface area contributed by atoms with Gasteiger partial charge in [-0.05, 0) is 32.9 Å². The predicted octanol–water partition coefficient (Wildman–Crippen LogP) is 3.78.